The summed E-state index contributed by atoms with van der Waals surface area (Å²) in [5.74, 6) is 0.00706. The third kappa shape index (κ3) is 3.46. The molecule has 0 amide bonds. The lowest BCUT2D eigenvalue weighted by Gasteiger charge is -2.22. The summed E-state index contributed by atoms with van der Waals surface area (Å²) in [7, 11) is 1.38. The van der Waals surface area contributed by atoms with E-state index in [4.69, 9.17) is 0 Å². The van der Waals surface area contributed by atoms with Crippen LogP contribution in [0.15, 0.2) is 24.3 Å². The van der Waals surface area contributed by atoms with E-state index in [0.717, 1.165) is 12.2 Å². The van der Waals surface area contributed by atoms with Gasteiger partial charge in [0.25, 0.3) is 0 Å². The van der Waals surface area contributed by atoms with E-state index in [1.54, 1.807) is 18.2 Å². The standard InChI is InChI=1S/C12H17NO3/c1-3-13(8-7-12(15)16-2)10-5-4-6-11(14)9-10/h4-6,9,14H,3,7-8H2,1-2H3. The number of carbonyl (C=O) groups excluding carboxylic acids is 1. The molecule has 0 saturated heterocycles. The van der Waals surface area contributed by atoms with Crippen molar-refractivity contribution in [3.8, 4) is 5.75 Å². The normalized spacial score (nSPS) is 9.88. The maximum absolute atomic E-state index is 11.0. The fourth-order valence-electron chi connectivity index (χ4n) is 1.49. The Hall–Kier alpha value is -1.71. The van der Waals surface area contributed by atoms with Crippen LogP contribution in [0.4, 0.5) is 5.69 Å². The van der Waals surface area contributed by atoms with Gasteiger partial charge in [0, 0.05) is 24.8 Å². The molecule has 0 heterocycles. The van der Waals surface area contributed by atoms with Crippen molar-refractivity contribution in [3.05, 3.63) is 24.3 Å². The summed E-state index contributed by atoms with van der Waals surface area (Å²) in [5.41, 5.74) is 0.909. The van der Waals surface area contributed by atoms with E-state index in [2.05, 4.69) is 4.74 Å². The molecule has 0 fully saturated rings. The largest absolute Gasteiger partial charge is 0.508 e. The van der Waals surface area contributed by atoms with Crippen LogP contribution >= 0.6 is 0 Å². The van der Waals surface area contributed by atoms with Gasteiger partial charge in [0.2, 0.25) is 0 Å². The number of hydrogen-bond acceptors (Lipinski definition) is 4. The lowest BCUT2D eigenvalue weighted by molar-refractivity contribution is -0.140. The van der Waals surface area contributed by atoms with Crippen LogP contribution in [0.25, 0.3) is 0 Å². The molecule has 0 aliphatic heterocycles. The number of aromatic hydroxyl groups is 1. The second-order valence-electron chi connectivity index (χ2n) is 3.43. The van der Waals surface area contributed by atoms with Gasteiger partial charge in [0.1, 0.15) is 5.75 Å². The van der Waals surface area contributed by atoms with Crippen molar-refractivity contribution in [1.82, 2.24) is 0 Å². The molecule has 16 heavy (non-hydrogen) atoms. The first kappa shape index (κ1) is 12.4. The molecule has 0 radical (unpaired) electrons. The van der Waals surface area contributed by atoms with Gasteiger partial charge in [-0.25, -0.2) is 0 Å². The average Bonchev–Trinajstić information content (AvgIpc) is 2.29. The molecule has 1 aromatic carbocycles. The van der Waals surface area contributed by atoms with Gasteiger partial charge in [-0.15, -0.1) is 0 Å². The fourth-order valence-corrected chi connectivity index (χ4v) is 1.49. The van der Waals surface area contributed by atoms with Gasteiger partial charge in [0.05, 0.1) is 13.5 Å². The summed E-state index contributed by atoms with van der Waals surface area (Å²) < 4.78 is 4.59. The number of esters is 1. The highest BCUT2D eigenvalue weighted by Crippen LogP contribution is 2.19. The van der Waals surface area contributed by atoms with Crippen LogP contribution in [0.1, 0.15) is 13.3 Å². The lowest BCUT2D eigenvalue weighted by Crippen LogP contribution is -2.25. The molecule has 0 unspecified atom stereocenters. The molecule has 0 aliphatic rings. The summed E-state index contributed by atoms with van der Waals surface area (Å²) in [6, 6.07) is 6.99. The van der Waals surface area contributed by atoms with E-state index in [1.165, 1.54) is 7.11 Å². The first-order chi connectivity index (χ1) is 7.67. The van der Waals surface area contributed by atoms with Gasteiger partial charge in [-0.3, -0.25) is 4.79 Å². The highest BCUT2D eigenvalue weighted by Gasteiger charge is 2.07. The Bertz CT molecular complexity index is 352. The monoisotopic (exact) mass is 223 g/mol. The zero-order valence-corrected chi connectivity index (χ0v) is 9.64. The second-order valence-corrected chi connectivity index (χ2v) is 3.43. The van der Waals surface area contributed by atoms with E-state index < -0.39 is 0 Å². The Morgan fingerprint density at radius 1 is 1.50 bits per heavy atom. The topological polar surface area (TPSA) is 49.8 Å². The van der Waals surface area contributed by atoms with Gasteiger partial charge in [0.15, 0.2) is 0 Å². The number of methoxy groups -OCH3 is 1. The highest BCUT2D eigenvalue weighted by atomic mass is 16.5. The molecule has 1 N–H and O–H groups in total. The van der Waals surface area contributed by atoms with Gasteiger partial charge >= 0.3 is 5.97 Å². The van der Waals surface area contributed by atoms with Crippen molar-refractivity contribution in [2.75, 3.05) is 25.1 Å². The maximum Gasteiger partial charge on any atom is 0.307 e. The molecule has 0 aliphatic carbocycles. The molecule has 1 aromatic rings. The number of benzene rings is 1. The van der Waals surface area contributed by atoms with Crippen LogP contribution < -0.4 is 4.90 Å². The molecule has 0 atom stereocenters. The van der Waals surface area contributed by atoms with E-state index in [9.17, 15) is 9.90 Å². The minimum Gasteiger partial charge on any atom is -0.508 e. The van der Waals surface area contributed by atoms with E-state index in [-0.39, 0.29) is 11.7 Å². The number of carbonyl (C=O) groups is 1. The number of hydrogen-bond donors (Lipinski definition) is 1. The van der Waals surface area contributed by atoms with Crippen molar-refractivity contribution in [2.24, 2.45) is 0 Å². The minimum absolute atomic E-state index is 0.224. The van der Waals surface area contributed by atoms with E-state index >= 15 is 0 Å². The molecule has 0 bridgehead atoms. The molecule has 88 valence electrons. The van der Waals surface area contributed by atoms with Gasteiger partial charge in [-0.2, -0.15) is 0 Å². The molecule has 4 nitrogen and oxygen atoms in total. The van der Waals surface area contributed by atoms with E-state index in [0.29, 0.717) is 13.0 Å². The summed E-state index contributed by atoms with van der Waals surface area (Å²) in [6.07, 6.45) is 0.347. The molecule has 4 heteroatoms. The predicted octanol–water partition coefficient (Wildman–Crippen LogP) is 1.78. The third-order valence-electron chi connectivity index (χ3n) is 2.39. The molecule has 0 spiro atoms. The molecular formula is C12H17NO3. The lowest BCUT2D eigenvalue weighted by atomic mass is 10.2. The Labute approximate surface area is 95.5 Å². The van der Waals surface area contributed by atoms with Gasteiger partial charge < -0.3 is 14.7 Å². The Balaban J connectivity index is 2.64. The predicted molar refractivity (Wildman–Crippen MR) is 62.6 cm³/mol. The van der Waals surface area contributed by atoms with Crippen molar-refractivity contribution in [2.45, 2.75) is 13.3 Å². The Morgan fingerprint density at radius 2 is 2.25 bits per heavy atom. The highest BCUT2D eigenvalue weighted by molar-refractivity contribution is 5.70. The zero-order chi connectivity index (χ0) is 12.0. The molecule has 0 aromatic heterocycles. The number of nitrogens with zero attached hydrogens (tertiary/aromatic N) is 1. The first-order valence-corrected chi connectivity index (χ1v) is 5.28. The first-order valence-electron chi connectivity index (χ1n) is 5.28. The average molecular weight is 223 g/mol. The SMILES string of the molecule is CCN(CCC(=O)OC)c1cccc(O)c1. The van der Waals surface area contributed by atoms with Crippen molar-refractivity contribution >= 4 is 11.7 Å². The number of ether oxygens (including phenoxy) is 1. The van der Waals surface area contributed by atoms with Crippen LogP contribution in [0.5, 0.6) is 5.75 Å². The third-order valence-corrected chi connectivity index (χ3v) is 2.39. The summed E-state index contributed by atoms with van der Waals surface area (Å²) in [6.45, 7) is 3.37. The number of phenolic OH excluding ortho intramolecular Hbond substituents is 1. The molecule has 0 saturated carbocycles. The maximum atomic E-state index is 11.0. The van der Waals surface area contributed by atoms with Crippen LogP contribution in [-0.4, -0.2) is 31.3 Å². The smallest absolute Gasteiger partial charge is 0.307 e. The van der Waals surface area contributed by atoms with Gasteiger partial charge in [-0.1, -0.05) is 6.07 Å². The van der Waals surface area contributed by atoms with Crippen LogP contribution in [0, 0.1) is 0 Å². The van der Waals surface area contributed by atoms with Crippen molar-refractivity contribution in [3.63, 3.8) is 0 Å². The summed E-state index contributed by atoms with van der Waals surface area (Å²) in [5, 5.41) is 9.36. The van der Waals surface area contributed by atoms with Crippen molar-refractivity contribution < 1.29 is 14.6 Å². The Kier molecular flexibility index (Phi) is 4.64. The Morgan fingerprint density at radius 3 is 2.81 bits per heavy atom. The second kappa shape index (κ2) is 6.00. The minimum atomic E-state index is -0.224. The quantitative estimate of drug-likeness (QED) is 0.773. The number of phenols is 1. The van der Waals surface area contributed by atoms with Crippen LogP contribution in [0.2, 0.25) is 0 Å². The summed E-state index contributed by atoms with van der Waals surface area (Å²) in [4.78, 5) is 13.0. The molecule has 1 rings (SSSR count). The zero-order valence-electron chi connectivity index (χ0n) is 9.64. The number of anilines is 1. The number of rotatable bonds is 5. The fraction of sp³-hybridized carbons (Fsp3) is 0.417. The van der Waals surface area contributed by atoms with Crippen LogP contribution in [0.3, 0.4) is 0 Å². The summed E-state index contributed by atoms with van der Waals surface area (Å²) >= 11 is 0. The van der Waals surface area contributed by atoms with Gasteiger partial charge in [-0.05, 0) is 19.1 Å². The molecular weight excluding hydrogens is 206 g/mol. The van der Waals surface area contributed by atoms with E-state index in [1.807, 2.05) is 17.9 Å². The van der Waals surface area contributed by atoms with Crippen LogP contribution in [-0.2, 0) is 9.53 Å². The van der Waals surface area contributed by atoms with Crippen molar-refractivity contribution in [1.29, 1.82) is 0 Å².